The SMILES string of the molecule is CCCCNC(=NCC(O)c1ccc(OC(C)C)cc1)NCC. The number of guanidine groups is 1. The molecule has 0 radical (unpaired) electrons. The zero-order valence-electron chi connectivity index (χ0n) is 14.8. The maximum atomic E-state index is 10.3. The first-order valence-corrected chi connectivity index (χ1v) is 8.53. The van der Waals surface area contributed by atoms with Crippen molar-refractivity contribution < 1.29 is 9.84 Å². The molecule has 1 aromatic rings. The minimum absolute atomic E-state index is 0.146. The Hall–Kier alpha value is -1.75. The van der Waals surface area contributed by atoms with Crippen LogP contribution in [0.4, 0.5) is 0 Å². The van der Waals surface area contributed by atoms with Crippen molar-refractivity contribution in [2.75, 3.05) is 19.6 Å². The van der Waals surface area contributed by atoms with E-state index in [-0.39, 0.29) is 6.10 Å². The maximum absolute atomic E-state index is 10.3. The lowest BCUT2D eigenvalue weighted by Crippen LogP contribution is -2.38. The Morgan fingerprint density at radius 3 is 2.43 bits per heavy atom. The quantitative estimate of drug-likeness (QED) is 0.372. The van der Waals surface area contributed by atoms with Crippen LogP contribution < -0.4 is 15.4 Å². The number of rotatable bonds is 9. The molecule has 3 N–H and O–H groups in total. The summed E-state index contributed by atoms with van der Waals surface area (Å²) in [4.78, 5) is 4.45. The molecular weight excluding hydrogens is 290 g/mol. The van der Waals surface area contributed by atoms with Crippen molar-refractivity contribution in [3.8, 4) is 5.75 Å². The van der Waals surface area contributed by atoms with Crippen molar-refractivity contribution in [3.63, 3.8) is 0 Å². The highest BCUT2D eigenvalue weighted by atomic mass is 16.5. The Morgan fingerprint density at radius 1 is 1.17 bits per heavy atom. The lowest BCUT2D eigenvalue weighted by atomic mass is 10.1. The summed E-state index contributed by atoms with van der Waals surface area (Å²) in [6.45, 7) is 10.2. The maximum Gasteiger partial charge on any atom is 0.191 e. The van der Waals surface area contributed by atoms with Crippen LogP contribution in [0.25, 0.3) is 0 Å². The Kier molecular flexibility index (Phi) is 9.14. The molecule has 0 bridgehead atoms. The zero-order valence-corrected chi connectivity index (χ0v) is 14.8. The van der Waals surface area contributed by atoms with Gasteiger partial charge in [0.2, 0.25) is 0 Å². The number of unbranched alkanes of at least 4 members (excludes halogenated alkanes) is 1. The molecule has 0 aliphatic heterocycles. The monoisotopic (exact) mass is 321 g/mol. The first kappa shape index (κ1) is 19.3. The smallest absolute Gasteiger partial charge is 0.191 e. The molecule has 0 heterocycles. The molecule has 1 rings (SSSR count). The first-order chi connectivity index (χ1) is 11.1. The molecule has 0 aliphatic rings. The molecule has 0 aliphatic carbocycles. The fourth-order valence-electron chi connectivity index (χ4n) is 2.05. The van der Waals surface area contributed by atoms with Crippen LogP contribution in [0.5, 0.6) is 5.75 Å². The number of hydrogen-bond donors (Lipinski definition) is 3. The minimum atomic E-state index is -0.621. The van der Waals surface area contributed by atoms with E-state index < -0.39 is 6.10 Å². The van der Waals surface area contributed by atoms with Crippen LogP contribution in [0.15, 0.2) is 29.3 Å². The molecule has 1 unspecified atom stereocenters. The Balaban J connectivity index is 2.57. The van der Waals surface area contributed by atoms with Gasteiger partial charge in [-0.15, -0.1) is 0 Å². The van der Waals surface area contributed by atoms with Crippen LogP contribution in [0, 0.1) is 0 Å². The third-order valence-electron chi connectivity index (χ3n) is 3.23. The van der Waals surface area contributed by atoms with Crippen molar-refractivity contribution in [1.82, 2.24) is 10.6 Å². The van der Waals surface area contributed by atoms with Crippen LogP contribution in [-0.4, -0.2) is 36.8 Å². The van der Waals surface area contributed by atoms with Gasteiger partial charge in [0.1, 0.15) is 5.75 Å². The average molecular weight is 321 g/mol. The van der Waals surface area contributed by atoms with E-state index >= 15 is 0 Å². The molecule has 0 spiro atoms. The number of nitrogens with zero attached hydrogens (tertiary/aromatic N) is 1. The second-order valence-corrected chi connectivity index (χ2v) is 5.75. The molecular formula is C18H31N3O2. The summed E-state index contributed by atoms with van der Waals surface area (Å²) in [6.07, 6.45) is 1.77. The molecule has 0 fully saturated rings. The molecule has 0 saturated carbocycles. The number of nitrogens with one attached hydrogen (secondary N) is 2. The van der Waals surface area contributed by atoms with Crippen molar-refractivity contribution >= 4 is 5.96 Å². The van der Waals surface area contributed by atoms with Gasteiger partial charge in [0.05, 0.1) is 18.8 Å². The molecule has 0 aromatic heterocycles. The van der Waals surface area contributed by atoms with Gasteiger partial charge in [0, 0.05) is 13.1 Å². The number of aliphatic hydroxyl groups excluding tert-OH is 1. The summed E-state index contributed by atoms with van der Waals surface area (Å²) in [5.41, 5.74) is 0.842. The summed E-state index contributed by atoms with van der Waals surface area (Å²) >= 11 is 0. The third kappa shape index (κ3) is 7.88. The topological polar surface area (TPSA) is 65.9 Å². The molecule has 0 saturated heterocycles. The minimum Gasteiger partial charge on any atom is -0.491 e. The molecule has 5 heteroatoms. The van der Waals surface area contributed by atoms with E-state index in [2.05, 4.69) is 22.5 Å². The number of benzene rings is 1. The first-order valence-electron chi connectivity index (χ1n) is 8.53. The third-order valence-corrected chi connectivity index (χ3v) is 3.23. The van der Waals surface area contributed by atoms with Crippen LogP contribution in [-0.2, 0) is 0 Å². The standard InChI is InChI=1S/C18H31N3O2/c1-5-7-12-20-18(19-6-2)21-13-17(22)15-8-10-16(11-9-15)23-14(3)4/h8-11,14,17,22H,5-7,12-13H2,1-4H3,(H2,19,20,21). The number of ether oxygens (including phenoxy) is 1. The molecule has 130 valence electrons. The Bertz CT molecular complexity index is 458. The zero-order chi connectivity index (χ0) is 17.1. The van der Waals surface area contributed by atoms with Crippen molar-refractivity contribution in [2.24, 2.45) is 4.99 Å². The summed E-state index contributed by atoms with van der Waals surface area (Å²) in [7, 11) is 0. The van der Waals surface area contributed by atoms with Gasteiger partial charge in [0.25, 0.3) is 0 Å². The van der Waals surface area contributed by atoms with Crippen LogP contribution >= 0.6 is 0 Å². The molecule has 0 amide bonds. The fourth-order valence-corrected chi connectivity index (χ4v) is 2.05. The predicted molar refractivity (Wildman–Crippen MR) is 96.1 cm³/mol. The highest BCUT2D eigenvalue weighted by Crippen LogP contribution is 2.19. The van der Waals surface area contributed by atoms with E-state index in [0.717, 1.165) is 43.2 Å². The summed E-state index contributed by atoms with van der Waals surface area (Å²) in [5.74, 6) is 1.56. The second kappa shape index (κ2) is 10.9. The average Bonchev–Trinajstić information content (AvgIpc) is 2.52. The van der Waals surface area contributed by atoms with Gasteiger partial charge in [-0.3, -0.25) is 4.99 Å². The van der Waals surface area contributed by atoms with Gasteiger partial charge < -0.3 is 20.5 Å². The van der Waals surface area contributed by atoms with E-state index in [4.69, 9.17) is 4.74 Å². The molecule has 1 atom stereocenters. The van der Waals surface area contributed by atoms with Gasteiger partial charge in [-0.1, -0.05) is 25.5 Å². The lowest BCUT2D eigenvalue weighted by molar-refractivity contribution is 0.186. The Morgan fingerprint density at radius 2 is 1.87 bits per heavy atom. The van der Waals surface area contributed by atoms with Crippen LogP contribution in [0.1, 0.15) is 52.2 Å². The van der Waals surface area contributed by atoms with Crippen LogP contribution in [0.2, 0.25) is 0 Å². The van der Waals surface area contributed by atoms with E-state index in [1.54, 1.807) is 0 Å². The highest BCUT2D eigenvalue weighted by Gasteiger charge is 2.08. The lowest BCUT2D eigenvalue weighted by Gasteiger charge is -2.14. The Labute approximate surface area is 140 Å². The van der Waals surface area contributed by atoms with Gasteiger partial charge in [0.15, 0.2) is 5.96 Å². The van der Waals surface area contributed by atoms with Crippen molar-refractivity contribution in [2.45, 2.75) is 52.7 Å². The van der Waals surface area contributed by atoms with Crippen molar-refractivity contribution in [3.05, 3.63) is 29.8 Å². The summed E-state index contributed by atoms with van der Waals surface area (Å²) < 4.78 is 5.60. The van der Waals surface area contributed by atoms with Crippen molar-refractivity contribution in [1.29, 1.82) is 0 Å². The van der Waals surface area contributed by atoms with Gasteiger partial charge in [-0.05, 0) is 44.9 Å². The molecule has 23 heavy (non-hydrogen) atoms. The van der Waals surface area contributed by atoms with E-state index in [0.29, 0.717) is 6.54 Å². The van der Waals surface area contributed by atoms with Crippen LogP contribution in [0.3, 0.4) is 0 Å². The number of hydrogen-bond acceptors (Lipinski definition) is 3. The summed E-state index contributed by atoms with van der Waals surface area (Å²) in [6, 6.07) is 7.53. The summed E-state index contributed by atoms with van der Waals surface area (Å²) in [5, 5.41) is 16.7. The van der Waals surface area contributed by atoms with Gasteiger partial charge >= 0.3 is 0 Å². The van der Waals surface area contributed by atoms with E-state index in [1.165, 1.54) is 0 Å². The molecule has 1 aromatic carbocycles. The van der Waals surface area contributed by atoms with Gasteiger partial charge in [-0.2, -0.15) is 0 Å². The van der Waals surface area contributed by atoms with E-state index in [1.807, 2.05) is 45.0 Å². The van der Waals surface area contributed by atoms with Gasteiger partial charge in [-0.25, -0.2) is 0 Å². The highest BCUT2D eigenvalue weighted by molar-refractivity contribution is 5.79. The van der Waals surface area contributed by atoms with E-state index in [9.17, 15) is 5.11 Å². The number of aliphatic hydroxyl groups is 1. The fraction of sp³-hybridized carbons (Fsp3) is 0.611. The normalized spacial score (nSPS) is 13.0. The predicted octanol–water partition coefficient (Wildman–Crippen LogP) is 2.86. The number of aliphatic imine (C=N–C) groups is 1. The molecule has 5 nitrogen and oxygen atoms in total. The largest absolute Gasteiger partial charge is 0.491 e. The second-order valence-electron chi connectivity index (χ2n) is 5.75.